The molecule has 3 saturated heterocycles. The van der Waals surface area contributed by atoms with E-state index in [4.69, 9.17) is 39.5 Å². The zero-order valence-electron chi connectivity index (χ0n) is 13.9. The number of nitrogens with zero attached hydrogens (tertiary/aromatic N) is 3. The number of anilines is 1. The normalized spacial score (nSPS) is 29.1. The summed E-state index contributed by atoms with van der Waals surface area (Å²) in [4.78, 5) is 26.9. The highest BCUT2D eigenvalue weighted by atomic mass is 35.5. The maximum absolute atomic E-state index is 12.9. The van der Waals surface area contributed by atoms with Crippen molar-refractivity contribution in [1.82, 2.24) is 9.78 Å². The van der Waals surface area contributed by atoms with E-state index in [1.165, 1.54) is 4.68 Å². The molecule has 0 saturated carbocycles. The Hall–Kier alpha value is -1.60. The fourth-order valence-corrected chi connectivity index (χ4v) is 5.14. The van der Waals surface area contributed by atoms with Gasteiger partial charge in [0.2, 0.25) is 11.8 Å². The molecule has 3 aliphatic rings. The van der Waals surface area contributed by atoms with Gasteiger partial charge in [-0.05, 0) is 25.0 Å². The van der Waals surface area contributed by atoms with Crippen molar-refractivity contribution in [3.05, 3.63) is 45.0 Å². The maximum Gasteiger partial charge on any atom is 0.241 e. The fraction of sp³-hybridized carbons (Fsp3) is 0.389. The predicted octanol–water partition coefficient (Wildman–Crippen LogP) is 3.56. The van der Waals surface area contributed by atoms with Crippen LogP contribution < -0.4 is 4.90 Å². The number of hydrogen-bond acceptors (Lipinski definition) is 4. The molecular formula is C18H14Cl3N3O3. The van der Waals surface area contributed by atoms with Gasteiger partial charge in [0.1, 0.15) is 5.02 Å². The Morgan fingerprint density at radius 3 is 2.19 bits per heavy atom. The van der Waals surface area contributed by atoms with Gasteiger partial charge in [0.15, 0.2) is 5.82 Å². The summed E-state index contributed by atoms with van der Waals surface area (Å²) < 4.78 is 7.28. The molecule has 5 rings (SSSR count). The lowest BCUT2D eigenvalue weighted by Crippen LogP contribution is -2.34. The van der Waals surface area contributed by atoms with Crippen molar-refractivity contribution in [2.24, 2.45) is 11.8 Å². The highest BCUT2D eigenvalue weighted by Crippen LogP contribution is 2.49. The molecule has 4 atom stereocenters. The minimum absolute atomic E-state index is 0.156. The van der Waals surface area contributed by atoms with Gasteiger partial charge < -0.3 is 4.74 Å². The van der Waals surface area contributed by atoms with E-state index < -0.39 is 11.8 Å². The van der Waals surface area contributed by atoms with Crippen molar-refractivity contribution in [2.45, 2.75) is 31.6 Å². The number of fused-ring (bicyclic) bond motifs is 5. The Kier molecular flexibility index (Phi) is 4.02. The molecular weight excluding hydrogens is 413 g/mol. The molecule has 0 aliphatic carbocycles. The van der Waals surface area contributed by atoms with Crippen molar-refractivity contribution in [3.8, 4) is 0 Å². The number of benzene rings is 1. The molecule has 2 bridgehead atoms. The van der Waals surface area contributed by atoms with Crippen LogP contribution >= 0.6 is 34.8 Å². The van der Waals surface area contributed by atoms with Crippen molar-refractivity contribution in [2.75, 3.05) is 4.90 Å². The molecule has 0 N–H and O–H groups in total. The topological polar surface area (TPSA) is 64.4 Å². The van der Waals surface area contributed by atoms with E-state index in [1.807, 2.05) is 0 Å². The molecule has 0 spiro atoms. The van der Waals surface area contributed by atoms with Gasteiger partial charge in [-0.3, -0.25) is 14.3 Å². The average molecular weight is 427 g/mol. The third kappa shape index (κ3) is 2.54. The van der Waals surface area contributed by atoms with Crippen LogP contribution in [-0.2, 0) is 20.9 Å². The van der Waals surface area contributed by atoms with Crippen LogP contribution in [0.3, 0.4) is 0 Å². The molecule has 0 unspecified atom stereocenters. The van der Waals surface area contributed by atoms with Gasteiger partial charge in [0, 0.05) is 21.8 Å². The molecule has 27 heavy (non-hydrogen) atoms. The molecule has 1 aromatic carbocycles. The van der Waals surface area contributed by atoms with E-state index in [9.17, 15) is 9.59 Å². The second-order valence-electron chi connectivity index (χ2n) is 7.05. The highest BCUT2D eigenvalue weighted by Gasteiger charge is 2.63. The number of amides is 2. The average Bonchev–Trinajstić information content (AvgIpc) is 3.36. The van der Waals surface area contributed by atoms with Crippen molar-refractivity contribution < 1.29 is 14.3 Å². The molecule has 6 nitrogen and oxygen atoms in total. The van der Waals surface area contributed by atoms with Crippen LogP contribution in [0, 0.1) is 11.8 Å². The Morgan fingerprint density at radius 2 is 1.59 bits per heavy atom. The summed E-state index contributed by atoms with van der Waals surface area (Å²) in [5.41, 5.74) is 0.689. The Labute approximate surface area is 169 Å². The lowest BCUT2D eigenvalue weighted by Gasteiger charge is -2.15. The molecule has 9 heteroatoms. The number of carbonyl (C=O) groups excluding carboxylic acids is 2. The van der Waals surface area contributed by atoms with E-state index in [2.05, 4.69) is 5.10 Å². The van der Waals surface area contributed by atoms with Crippen molar-refractivity contribution in [3.63, 3.8) is 0 Å². The van der Waals surface area contributed by atoms with Gasteiger partial charge in [0.05, 0.1) is 30.6 Å². The number of aromatic nitrogens is 2. The summed E-state index contributed by atoms with van der Waals surface area (Å²) in [6.07, 6.45) is 2.84. The number of halogens is 3. The minimum Gasteiger partial charge on any atom is -0.373 e. The van der Waals surface area contributed by atoms with Crippen molar-refractivity contribution >= 4 is 52.4 Å². The van der Waals surface area contributed by atoms with Gasteiger partial charge in [-0.15, -0.1) is 0 Å². The molecule has 3 fully saturated rings. The summed E-state index contributed by atoms with van der Waals surface area (Å²) in [6, 6.07) is 5.23. The van der Waals surface area contributed by atoms with Crippen LogP contribution in [-0.4, -0.2) is 33.8 Å². The highest BCUT2D eigenvalue weighted by molar-refractivity contribution is 6.36. The fourth-order valence-electron chi connectivity index (χ4n) is 4.39. The number of imide groups is 1. The standard InChI is InChI=1S/C18H14Cl3N3O3/c19-9-2-1-3-10(20)8(9)6-23-7-11(21)16(22-23)24-17(25)14-12-4-5-13(27-12)15(14)18(24)26/h1-3,7,12-15H,4-6H2/t12-,13-,14-,15-/m0/s1. The largest absolute Gasteiger partial charge is 0.373 e. The first kappa shape index (κ1) is 17.5. The minimum atomic E-state index is -0.421. The molecule has 3 aliphatic heterocycles. The first-order chi connectivity index (χ1) is 13.0. The van der Waals surface area contributed by atoms with Crippen LogP contribution in [0.5, 0.6) is 0 Å². The number of carbonyl (C=O) groups is 2. The van der Waals surface area contributed by atoms with Gasteiger partial charge >= 0.3 is 0 Å². The van der Waals surface area contributed by atoms with Crippen LogP contribution in [0.15, 0.2) is 24.4 Å². The lowest BCUT2D eigenvalue weighted by atomic mass is 9.81. The zero-order valence-corrected chi connectivity index (χ0v) is 16.2. The quantitative estimate of drug-likeness (QED) is 0.704. The third-order valence-electron chi connectivity index (χ3n) is 5.58. The van der Waals surface area contributed by atoms with Gasteiger partial charge in [0.25, 0.3) is 0 Å². The second-order valence-corrected chi connectivity index (χ2v) is 8.27. The summed E-state index contributed by atoms with van der Waals surface area (Å²) in [5, 5.41) is 5.62. The van der Waals surface area contributed by atoms with Crippen molar-refractivity contribution in [1.29, 1.82) is 0 Å². The number of ether oxygens (including phenoxy) is 1. The van der Waals surface area contributed by atoms with E-state index >= 15 is 0 Å². The molecule has 2 aromatic rings. The smallest absolute Gasteiger partial charge is 0.241 e. The monoisotopic (exact) mass is 425 g/mol. The molecule has 0 radical (unpaired) electrons. The van der Waals surface area contributed by atoms with E-state index in [-0.39, 0.29) is 41.4 Å². The third-order valence-corrected chi connectivity index (χ3v) is 6.55. The maximum atomic E-state index is 12.9. The van der Waals surface area contributed by atoms with Crippen LogP contribution in [0.1, 0.15) is 18.4 Å². The van der Waals surface area contributed by atoms with Gasteiger partial charge in [-0.2, -0.15) is 5.10 Å². The van der Waals surface area contributed by atoms with Crippen LogP contribution in [0.2, 0.25) is 15.1 Å². The first-order valence-electron chi connectivity index (χ1n) is 8.65. The number of rotatable bonds is 3. The molecule has 140 valence electrons. The first-order valence-corrected chi connectivity index (χ1v) is 9.78. The second kappa shape index (κ2) is 6.21. The summed E-state index contributed by atoms with van der Waals surface area (Å²) in [5.74, 6) is -1.24. The Balaban J connectivity index is 1.47. The van der Waals surface area contributed by atoms with Crippen LogP contribution in [0.4, 0.5) is 5.82 Å². The number of hydrogen-bond donors (Lipinski definition) is 0. The summed E-state index contributed by atoms with van der Waals surface area (Å²) in [6.45, 7) is 0.273. The molecule has 1 aromatic heterocycles. The van der Waals surface area contributed by atoms with Gasteiger partial charge in [-0.25, -0.2) is 4.90 Å². The molecule has 2 amide bonds. The summed E-state index contributed by atoms with van der Waals surface area (Å²) in [7, 11) is 0. The van der Waals surface area contributed by atoms with E-state index in [0.717, 1.165) is 17.7 Å². The zero-order chi connectivity index (χ0) is 18.9. The predicted molar refractivity (Wildman–Crippen MR) is 100 cm³/mol. The van der Waals surface area contributed by atoms with E-state index in [0.29, 0.717) is 15.6 Å². The Bertz CT molecular complexity index is 928. The van der Waals surface area contributed by atoms with Gasteiger partial charge in [-0.1, -0.05) is 40.9 Å². The van der Waals surface area contributed by atoms with Crippen LogP contribution in [0.25, 0.3) is 0 Å². The van der Waals surface area contributed by atoms with E-state index in [1.54, 1.807) is 24.4 Å². The molecule has 4 heterocycles. The summed E-state index contributed by atoms with van der Waals surface area (Å²) >= 11 is 18.7. The Morgan fingerprint density at radius 1 is 1.00 bits per heavy atom. The lowest BCUT2D eigenvalue weighted by molar-refractivity contribution is -0.124. The SMILES string of the molecule is O=C1[C@@H]2[C@@H](C(=O)N1c1nn(Cc3c(Cl)cccc3Cl)cc1Cl)[C@@H]1CC[C@@H]2O1.